The number of rotatable bonds is 9. The van der Waals surface area contributed by atoms with Crippen LogP contribution in [0.25, 0.3) is 0 Å². The fourth-order valence-electron chi connectivity index (χ4n) is 2.56. The van der Waals surface area contributed by atoms with E-state index in [0.29, 0.717) is 34.5 Å². The van der Waals surface area contributed by atoms with Crippen molar-refractivity contribution < 1.29 is 19.1 Å². The van der Waals surface area contributed by atoms with E-state index < -0.39 is 11.8 Å². The molecule has 2 aromatic carbocycles. The van der Waals surface area contributed by atoms with E-state index in [1.54, 1.807) is 49.4 Å². The van der Waals surface area contributed by atoms with Crippen LogP contribution in [-0.2, 0) is 9.59 Å². The molecule has 0 spiro atoms. The summed E-state index contributed by atoms with van der Waals surface area (Å²) in [7, 11) is 0. The molecule has 0 aliphatic carbocycles. The van der Waals surface area contributed by atoms with Crippen LogP contribution in [0.4, 0.5) is 5.69 Å². The lowest BCUT2D eigenvalue weighted by atomic mass is 10.1. The Bertz CT molecular complexity index is 914. The van der Waals surface area contributed by atoms with Gasteiger partial charge in [0.05, 0.1) is 6.61 Å². The fraction of sp³-hybridized carbons (Fsp3) is 0.348. The third-order valence-electron chi connectivity index (χ3n) is 4.52. The molecule has 7 nitrogen and oxygen atoms in total. The van der Waals surface area contributed by atoms with E-state index in [-0.39, 0.29) is 18.7 Å². The number of halogens is 1. The molecule has 0 saturated heterocycles. The van der Waals surface area contributed by atoms with Crippen LogP contribution < -0.4 is 20.9 Å². The SMILES string of the molecule is Cc1c(Cl)cccc1NC(=O)CCC(=O)NNC(=O)c1ccc(OCCC(C)C)cc1. The van der Waals surface area contributed by atoms with E-state index in [1.807, 2.05) is 0 Å². The van der Waals surface area contributed by atoms with Crippen LogP contribution in [0.3, 0.4) is 0 Å². The van der Waals surface area contributed by atoms with Gasteiger partial charge in [-0.15, -0.1) is 0 Å². The van der Waals surface area contributed by atoms with Crippen LogP contribution in [0.15, 0.2) is 42.5 Å². The first-order valence-electron chi connectivity index (χ1n) is 10.1. The average Bonchev–Trinajstić information content (AvgIpc) is 2.74. The molecule has 0 aromatic heterocycles. The topological polar surface area (TPSA) is 96.5 Å². The molecule has 0 unspecified atom stereocenters. The maximum atomic E-state index is 12.2. The van der Waals surface area contributed by atoms with Gasteiger partial charge in [-0.2, -0.15) is 0 Å². The van der Waals surface area contributed by atoms with Crippen molar-refractivity contribution in [3.05, 3.63) is 58.6 Å². The molecule has 31 heavy (non-hydrogen) atoms. The van der Waals surface area contributed by atoms with Crippen LogP contribution in [0.1, 0.15) is 49.0 Å². The van der Waals surface area contributed by atoms with Gasteiger partial charge in [-0.25, -0.2) is 0 Å². The van der Waals surface area contributed by atoms with Crippen molar-refractivity contribution in [2.24, 2.45) is 5.92 Å². The summed E-state index contributed by atoms with van der Waals surface area (Å²) >= 11 is 6.03. The number of hydrazine groups is 1. The molecule has 2 aromatic rings. The number of hydrogen-bond acceptors (Lipinski definition) is 4. The second kappa shape index (κ2) is 12.0. The lowest BCUT2D eigenvalue weighted by Crippen LogP contribution is -2.41. The molecule has 2 rings (SSSR count). The van der Waals surface area contributed by atoms with Gasteiger partial charge < -0.3 is 10.1 Å². The van der Waals surface area contributed by atoms with Crippen LogP contribution in [0.2, 0.25) is 5.02 Å². The van der Waals surface area contributed by atoms with Gasteiger partial charge in [0.2, 0.25) is 11.8 Å². The highest BCUT2D eigenvalue weighted by Crippen LogP contribution is 2.23. The second-order valence-corrected chi connectivity index (χ2v) is 7.93. The molecule has 0 aliphatic rings. The van der Waals surface area contributed by atoms with E-state index in [9.17, 15) is 14.4 Å². The summed E-state index contributed by atoms with van der Waals surface area (Å²) in [5.41, 5.74) is 6.38. The third kappa shape index (κ3) is 8.30. The van der Waals surface area contributed by atoms with Crippen LogP contribution in [0, 0.1) is 12.8 Å². The number of hydrogen-bond donors (Lipinski definition) is 3. The molecule has 0 atom stereocenters. The zero-order valence-electron chi connectivity index (χ0n) is 18.0. The zero-order chi connectivity index (χ0) is 22.8. The predicted molar refractivity (Wildman–Crippen MR) is 121 cm³/mol. The van der Waals surface area contributed by atoms with E-state index in [0.717, 1.165) is 12.0 Å². The largest absolute Gasteiger partial charge is 0.494 e. The van der Waals surface area contributed by atoms with Gasteiger partial charge in [-0.05, 0) is 61.2 Å². The Kier molecular flexibility index (Phi) is 9.34. The molecular formula is C23H28ClN3O4. The fourth-order valence-corrected chi connectivity index (χ4v) is 2.73. The highest BCUT2D eigenvalue weighted by Gasteiger charge is 2.11. The number of carbonyl (C=O) groups excluding carboxylic acids is 3. The van der Waals surface area contributed by atoms with Gasteiger partial charge in [-0.1, -0.05) is 31.5 Å². The minimum absolute atomic E-state index is 0.0317. The van der Waals surface area contributed by atoms with Crippen molar-refractivity contribution in [3.63, 3.8) is 0 Å². The maximum absolute atomic E-state index is 12.2. The first-order valence-corrected chi connectivity index (χ1v) is 10.5. The second-order valence-electron chi connectivity index (χ2n) is 7.52. The van der Waals surface area contributed by atoms with Crippen molar-refractivity contribution in [1.82, 2.24) is 10.9 Å². The summed E-state index contributed by atoms with van der Waals surface area (Å²) < 4.78 is 5.61. The monoisotopic (exact) mass is 445 g/mol. The smallest absolute Gasteiger partial charge is 0.269 e. The molecule has 166 valence electrons. The van der Waals surface area contributed by atoms with Crippen molar-refractivity contribution >= 4 is 35.0 Å². The van der Waals surface area contributed by atoms with Gasteiger partial charge in [0.25, 0.3) is 5.91 Å². The molecule has 0 fully saturated rings. The summed E-state index contributed by atoms with van der Waals surface area (Å²) in [6.07, 6.45) is 0.843. The molecule has 3 N–H and O–H groups in total. The third-order valence-corrected chi connectivity index (χ3v) is 4.93. The number of anilines is 1. The van der Waals surface area contributed by atoms with Crippen LogP contribution >= 0.6 is 11.6 Å². The first-order chi connectivity index (χ1) is 14.8. The summed E-state index contributed by atoms with van der Waals surface area (Å²) in [5.74, 6) is -0.0104. The Morgan fingerprint density at radius 1 is 0.968 bits per heavy atom. The van der Waals surface area contributed by atoms with Crippen molar-refractivity contribution in [2.45, 2.75) is 40.0 Å². The number of ether oxygens (including phenoxy) is 1. The van der Waals surface area contributed by atoms with Gasteiger partial charge in [0.15, 0.2) is 0 Å². The number of nitrogens with one attached hydrogen (secondary N) is 3. The highest BCUT2D eigenvalue weighted by molar-refractivity contribution is 6.31. The van der Waals surface area contributed by atoms with E-state index in [2.05, 4.69) is 30.0 Å². The average molecular weight is 446 g/mol. The standard InChI is InChI=1S/C23H28ClN3O4/c1-15(2)13-14-31-18-9-7-17(8-10-18)23(30)27-26-22(29)12-11-21(28)25-20-6-4-5-19(24)16(20)3/h4-10,15H,11-14H2,1-3H3,(H,25,28)(H,26,29)(H,27,30). The molecule has 0 saturated carbocycles. The summed E-state index contributed by atoms with van der Waals surface area (Å²) in [4.78, 5) is 36.1. The quantitative estimate of drug-likeness (QED) is 0.502. The van der Waals surface area contributed by atoms with E-state index >= 15 is 0 Å². The molecule has 0 heterocycles. The molecule has 0 aliphatic heterocycles. The van der Waals surface area contributed by atoms with E-state index in [1.165, 1.54) is 0 Å². The van der Waals surface area contributed by atoms with Crippen molar-refractivity contribution in [3.8, 4) is 5.75 Å². The molecule has 3 amide bonds. The molecular weight excluding hydrogens is 418 g/mol. The normalized spacial score (nSPS) is 10.5. The van der Waals surface area contributed by atoms with Crippen LogP contribution in [0.5, 0.6) is 5.75 Å². The Balaban J connectivity index is 1.72. The van der Waals surface area contributed by atoms with Gasteiger partial charge in [-0.3, -0.25) is 25.2 Å². The summed E-state index contributed by atoms with van der Waals surface area (Å²) in [6.45, 7) is 6.66. The van der Waals surface area contributed by atoms with Gasteiger partial charge in [0.1, 0.15) is 5.75 Å². The lowest BCUT2D eigenvalue weighted by Gasteiger charge is -2.11. The maximum Gasteiger partial charge on any atom is 0.269 e. The van der Waals surface area contributed by atoms with Gasteiger partial charge >= 0.3 is 0 Å². The Morgan fingerprint density at radius 2 is 1.65 bits per heavy atom. The predicted octanol–water partition coefficient (Wildman–Crippen LogP) is 4.25. The first kappa shape index (κ1) is 24.2. The van der Waals surface area contributed by atoms with Crippen molar-refractivity contribution in [1.29, 1.82) is 0 Å². The number of amides is 3. The molecule has 8 heteroatoms. The van der Waals surface area contributed by atoms with Crippen molar-refractivity contribution in [2.75, 3.05) is 11.9 Å². The Hall–Kier alpha value is -3.06. The zero-order valence-corrected chi connectivity index (χ0v) is 18.7. The minimum atomic E-state index is -0.472. The Morgan fingerprint density at radius 3 is 2.32 bits per heavy atom. The van der Waals surface area contributed by atoms with Gasteiger partial charge in [0, 0.05) is 29.1 Å². The number of benzene rings is 2. The number of carbonyl (C=O) groups is 3. The summed E-state index contributed by atoms with van der Waals surface area (Å²) in [5, 5.41) is 3.27. The minimum Gasteiger partial charge on any atom is -0.494 e. The highest BCUT2D eigenvalue weighted by atomic mass is 35.5. The molecule has 0 bridgehead atoms. The lowest BCUT2D eigenvalue weighted by molar-refractivity contribution is -0.124. The van der Waals surface area contributed by atoms with Crippen LogP contribution in [-0.4, -0.2) is 24.3 Å². The van der Waals surface area contributed by atoms with E-state index in [4.69, 9.17) is 16.3 Å². The Labute approximate surface area is 187 Å². The summed E-state index contributed by atoms with van der Waals surface area (Å²) in [6, 6.07) is 11.9. The molecule has 0 radical (unpaired) electrons.